The van der Waals surface area contributed by atoms with Crippen LogP contribution in [0.5, 0.6) is 11.8 Å². The van der Waals surface area contributed by atoms with Gasteiger partial charge in [-0.15, -0.1) is 0 Å². The number of aromatic nitrogens is 2. The molecule has 1 saturated heterocycles. The maximum absolute atomic E-state index is 16.4. The average Bonchev–Trinajstić information content (AvgIpc) is 3.47. The van der Waals surface area contributed by atoms with Gasteiger partial charge >= 0.3 is 18.2 Å². The van der Waals surface area contributed by atoms with E-state index >= 15 is 8.78 Å². The van der Waals surface area contributed by atoms with E-state index in [-0.39, 0.29) is 78.3 Å². The van der Waals surface area contributed by atoms with Gasteiger partial charge in [0.15, 0.2) is 5.82 Å². The van der Waals surface area contributed by atoms with Gasteiger partial charge in [-0.1, -0.05) is 74.2 Å². The molecule has 9 nitrogen and oxygen atoms in total. The van der Waals surface area contributed by atoms with Crippen molar-refractivity contribution < 1.29 is 45.8 Å². The Morgan fingerprint density at radius 2 is 1.57 bits per heavy atom. The number of alkyl halides is 3. The van der Waals surface area contributed by atoms with Crippen molar-refractivity contribution in [3.05, 3.63) is 101 Å². The van der Waals surface area contributed by atoms with Gasteiger partial charge in [-0.05, 0) is 52.9 Å². The standard InChI is InChI=1S/C41H43F5N4O5Si/c1-26-6-15-31(20-32(26)39(52)53-2)55-40-47-38-34(50(40)25-54-18-19-56(3,4)5)21-33(42)36(37(38)43)30-13-11-29(12-14-30)28-9-7-27(8-10-28)22-49-17-16-48(23-35(49)51)24-41(44,45)46/h6-15,20-21H,16-19,22-25H2,1-5H3. The number of fused-ring (bicyclic) bond motifs is 1. The number of hydrogen-bond acceptors (Lipinski definition) is 7. The molecule has 0 radical (unpaired) electrons. The molecule has 6 rings (SSSR count). The Hall–Kier alpha value is -5.12. The van der Waals surface area contributed by atoms with E-state index in [2.05, 4.69) is 24.6 Å². The largest absolute Gasteiger partial charge is 0.465 e. The van der Waals surface area contributed by atoms with Crippen LogP contribution in [-0.2, 0) is 27.5 Å². The quantitative estimate of drug-likeness (QED) is 0.0509. The molecule has 4 aromatic carbocycles. The van der Waals surface area contributed by atoms with Gasteiger partial charge in [-0.3, -0.25) is 14.3 Å². The van der Waals surface area contributed by atoms with Gasteiger partial charge in [0.25, 0.3) is 0 Å². The third-order valence-electron chi connectivity index (χ3n) is 9.58. The molecule has 2 heterocycles. The number of piperazine rings is 1. The predicted molar refractivity (Wildman–Crippen MR) is 205 cm³/mol. The maximum Gasteiger partial charge on any atom is 0.401 e. The van der Waals surface area contributed by atoms with E-state index in [1.54, 1.807) is 48.2 Å². The molecule has 15 heteroatoms. The number of carbonyl (C=O) groups is 2. The first-order valence-corrected chi connectivity index (χ1v) is 21.8. The second kappa shape index (κ2) is 16.5. The Kier molecular flexibility index (Phi) is 12.0. The van der Waals surface area contributed by atoms with Crippen LogP contribution in [0.4, 0.5) is 22.0 Å². The fourth-order valence-corrected chi connectivity index (χ4v) is 7.19. The summed E-state index contributed by atoms with van der Waals surface area (Å²) in [6.07, 6.45) is -4.36. The number of halogens is 5. The number of benzene rings is 4. The van der Waals surface area contributed by atoms with Crippen molar-refractivity contribution in [1.29, 1.82) is 0 Å². The molecule has 0 saturated carbocycles. The lowest BCUT2D eigenvalue weighted by atomic mass is 9.98. The molecule has 0 spiro atoms. The van der Waals surface area contributed by atoms with Crippen molar-refractivity contribution in [1.82, 2.24) is 19.4 Å². The number of imidazole rings is 1. The van der Waals surface area contributed by atoms with Crippen LogP contribution in [0.25, 0.3) is 33.3 Å². The van der Waals surface area contributed by atoms with Crippen molar-refractivity contribution in [3.8, 4) is 34.0 Å². The van der Waals surface area contributed by atoms with Gasteiger partial charge in [0.1, 0.15) is 23.8 Å². The number of amides is 1. The molecule has 0 bridgehead atoms. The van der Waals surface area contributed by atoms with Crippen LogP contribution in [0.3, 0.4) is 0 Å². The zero-order valence-corrected chi connectivity index (χ0v) is 32.8. The third-order valence-corrected chi connectivity index (χ3v) is 11.3. The van der Waals surface area contributed by atoms with Crippen LogP contribution < -0.4 is 4.74 Å². The average molecular weight is 795 g/mol. The molecule has 0 unspecified atom stereocenters. The minimum absolute atomic E-state index is 0.0463. The minimum atomic E-state index is -4.36. The van der Waals surface area contributed by atoms with Crippen LogP contribution in [0, 0.1) is 18.6 Å². The molecule has 1 aliphatic rings. The Balaban J connectivity index is 1.23. The van der Waals surface area contributed by atoms with Crippen LogP contribution in [-0.4, -0.2) is 85.4 Å². The Morgan fingerprint density at radius 3 is 2.20 bits per heavy atom. The Labute approximate surface area is 322 Å². The fourth-order valence-electron chi connectivity index (χ4n) is 6.43. The van der Waals surface area contributed by atoms with E-state index in [1.807, 2.05) is 24.3 Å². The number of methoxy groups -OCH3 is 1. The van der Waals surface area contributed by atoms with E-state index in [9.17, 15) is 22.8 Å². The number of esters is 1. The number of aryl methyl sites for hydroxylation is 1. The molecule has 0 aliphatic carbocycles. The fraction of sp³-hybridized carbons (Fsp3) is 0.341. The number of carbonyl (C=O) groups excluding carboxylic acids is 2. The summed E-state index contributed by atoms with van der Waals surface area (Å²) in [7, 11) is -0.152. The van der Waals surface area contributed by atoms with Crippen LogP contribution in [0.2, 0.25) is 25.7 Å². The minimum Gasteiger partial charge on any atom is -0.465 e. The highest BCUT2D eigenvalue weighted by Gasteiger charge is 2.34. The third kappa shape index (κ3) is 9.63. The second-order valence-corrected chi connectivity index (χ2v) is 20.7. The number of ether oxygens (including phenoxy) is 3. The summed E-state index contributed by atoms with van der Waals surface area (Å²) in [6, 6.07) is 21.0. The zero-order chi connectivity index (χ0) is 40.4. The van der Waals surface area contributed by atoms with Gasteiger partial charge in [-0.2, -0.15) is 18.2 Å². The van der Waals surface area contributed by atoms with Crippen LogP contribution >= 0.6 is 0 Å². The van der Waals surface area contributed by atoms with E-state index < -0.39 is 38.4 Å². The molecule has 1 aliphatic heterocycles. The van der Waals surface area contributed by atoms with Gasteiger partial charge < -0.3 is 19.1 Å². The first kappa shape index (κ1) is 40.5. The van der Waals surface area contributed by atoms with Crippen molar-refractivity contribution in [3.63, 3.8) is 0 Å². The van der Waals surface area contributed by atoms with E-state index in [0.29, 0.717) is 12.2 Å². The molecule has 1 fully saturated rings. The normalized spacial score (nSPS) is 14.1. The molecule has 296 valence electrons. The van der Waals surface area contributed by atoms with Crippen LogP contribution in [0.1, 0.15) is 21.5 Å². The van der Waals surface area contributed by atoms with E-state index in [0.717, 1.165) is 27.6 Å². The number of hydrogen-bond donors (Lipinski definition) is 0. The summed E-state index contributed by atoms with van der Waals surface area (Å²) in [5.41, 5.74) is 3.40. The molecule has 0 N–H and O–H groups in total. The second-order valence-electron chi connectivity index (χ2n) is 15.1. The van der Waals surface area contributed by atoms with Gasteiger partial charge in [0.2, 0.25) is 5.91 Å². The first-order valence-electron chi connectivity index (χ1n) is 18.1. The molecule has 5 aromatic rings. The van der Waals surface area contributed by atoms with Crippen molar-refractivity contribution >= 4 is 31.0 Å². The Bertz CT molecular complexity index is 2220. The lowest BCUT2D eigenvalue weighted by Crippen LogP contribution is -2.52. The van der Waals surface area contributed by atoms with Crippen molar-refractivity contribution in [2.45, 2.75) is 52.1 Å². The van der Waals surface area contributed by atoms with Crippen molar-refractivity contribution in [2.75, 3.05) is 39.9 Å². The molecule has 56 heavy (non-hydrogen) atoms. The highest BCUT2D eigenvalue weighted by molar-refractivity contribution is 6.76. The summed E-state index contributed by atoms with van der Waals surface area (Å²) >= 11 is 0. The predicted octanol–water partition coefficient (Wildman–Crippen LogP) is 9.05. The molecule has 0 atom stereocenters. The summed E-state index contributed by atoms with van der Waals surface area (Å²) in [5.74, 6) is -2.35. The first-order chi connectivity index (χ1) is 26.5. The smallest absolute Gasteiger partial charge is 0.401 e. The molecule has 1 aromatic heterocycles. The monoisotopic (exact) mass is 794 g/mol. The molecular formula is C41H43F5N4O5Si. The maximum atomic E-state index is 16.4. The number of rotatable bonds is 13. The lowest BCUT2D eigenvalue weighted by molar-refractivity contribution is -0.157. The van der Waals surface area contributed by atoms with Gasteiger partial charge in [0, 0.05) is 40.4 Å². The molecule has 1 amide bonds. The van der Waals surface area contributed by atoms with E-state index in [4.69, 9.17) is 14.2 Å². The van der Waals surface area contributed by atoms with Crippen molar-refractivity contribution in [2.24, 2.45) is 0 Å². The Morgan fingerprint density at radius 1 is 0.911 bits per heavy atom. The van der Waals surface area contributed by atoms with Gasteiger partial charge in [0.05, 0.1) is 36.8 Å². The SMILES string of the molecule is COC(=O)c1cc(Oc2nc3c(F)c(-c4ccc(-c5ccc(CN6CCN(CC(F)(F)F)CC6=O)cc5)cc4)c(F)cc3n2COCC[Si](C)(C)C)ccc1C. The van der Waals surface area contributed by atoms with Gasteiger partial charge in [-0.25, -0.2) is 13.6 Å². The van der Waals surface area contributed by atoms with E-state index in [1.165, 1.54) is 23.8 Å². The summed E-state index contributed by atoms with van der Waals surface area (Å²) in [6.45, 7) is 7.98. The summed E-state index contributed by atoms with van der Waals surface area (Å²) in [4.78, 5) is 32.0. The zero-order valence-electron chi connectivity index (χ0n) is 31.8. The topological polar surface area (TPSA) is 86.1 Å². The molecular weight excluding hydrogens is 752 g/mol. The number of nitrogens with zero attached hydrogens (tertiary/aromatic N) is 4. The summed E-state index contributed by atoms with van der Waals surface area (Å²) in [5, 5.41) is 0. The highest BCUT2D eigenvalue weighted by Crippen LogP contribution is 2.36. The lowest BCUT2D eigenvalue weighted by Gasteiger charge is -2.34. The highest BCUT2D eigenvalue weighted by atomic mass is 28.3. The summed E-state index contributed by atoms with van der Waals surface area (Å²) < 4.78 is 89.0. The van der Waals surface area contributed by atoms with Crippen LogP contribution in [0.15, 0.2) is 72.8 Å².